The van der Waals surface area contributed by atoms with Gasteiger partial charge in [0.2, 0.25) is 0 Å². The Labute approximate surface area is 185 Å². The molecule has 32 heavy (non-hydrogen) atoms. The van der Waals surface area contributed by atoms with E-state index in [1.807, 2.05) is 43.7 Å². The van der Waals surface area contributed by atoms with Gasteiger partial charge >= 0.3 is 0 Å². The minimum atomic E-state index is 0.146. The Hall–Kier alpha value is -3.43. The zero-order chi connectivity index (χ0) is 22.1. The van der Waals surface area contributed by atoms with Gasteiger partial charge in [0.1, 0.15) is 11.9 Å². The molecule has 0 amide bonds. The van der Waals surface area contributed by atoms with Crippen molar-refractivity contribution >= 4 is 22.7 Å². The summed E-state index contributed by atoms with van der Waals surface area (Å²) in [5.74, 6) is 1.72. The molecule has 0 bridgehead atoms. The lowest BCUT2D eigenvalue weighted by atomic mass is 10.1. The highest BCUT2D eigenvalue weighted by atomic mass is 16.6. The molecule has 5 rings (SSSR count). The molecule has 5 heterocycles. The van der Waals surface area contributed by atoms with Gasteiger partial charge in [-0.25, -0.2) is 4.98 Å². The molecule has 1 N–H and O–H groups in total. The Morgan fingerprint density at radius 2 is 2.03 bits per heavy atom. The van der Waals surface area contributed by atoms with Crippen molar-refractivity contribution in [1.29, 1.82) is 0 Å². The highest BCUT2D eigenvalue weighted by molar-refractivity contribution is 5.82. The quantitative estimate of drug-likeness (QED) is 0.474. The van der Waals surface area contributed by atoms with Crippen LogP contribution in [-0.2, 0) is 23.1 Å². The summed E-state index contributed by atoms with van der Waals surface area (Å²) < 4.78 is 12.9. The average molecular weight is 432 g/mol. The van der Waals surface area contributed by atoms with Crippen molar-refractivity contribution in [2.45, 2.75) is 32.5 Å². The van der Waals surface area contributed by atoms with Crippen LogP contribution in [0.1, 0.15) is 31.0 Å². The fourth-order valence-corrected chi connectivity index (χ4v) is 3.50. The van der Waals surface area contributed by atoms with E-state index < -0.39 is 0 Å². The minimum absolute atomic E-state index is 0.146. The van der Waals surface area contributed by atoms with E-state index in [0.717, 1.165) is 33.4 Å². The number of nitrogens with zero attached hydrogens (tertiary/aromatic N) is 6. The van der Waals surface area contributed by atoms with E-state index in [0.29, 0.717) is 37.4 Å². The molecule has 0 spiro atoms. The van der Waals surface area contributed by atoms with Crippen molar-refractivity contribution in [3.05, 3.63) is 54.1 Å². The molecule has 1 aliphatic heterocycles. The largest absolute Gasteiger partial charge is 0.376 e. The summed E-state index contributed by atoms with van der Waals surface area (Å²) >= 11 is 0. The second-order valence-electron chi connectivity index (χ2n) is 8.25. The fourth-order valence-electron chi connectivity index (χ4n) is 3.50. The number of hydrogen-bond acceptors (Lipinski definition) is 8. The average Bonchev–Trinajstić information content (AvgIpc) is 3.13. The molecule has 0 radical (unpaired) electrons. The first-order chi connectivity index (χ1) is 15.5. The molecule has 9 heteroatoms. The van der Waals surface area contributed by atoms with Gasteiger partial charge in [-0.2, -0.15) is 10.2 Å². The van der Waals surface area contributed by atoms with E-state index in [-0.39, 0.29) is 6.10 Å². The van der Waals surface area contributed by atoms with Gasteiger partial charge in [-0.1, -0.05) is 13.8 Å². The van der Waals surface area contributed by atoms with Crippen LogP contribution < -0.4 is 5.32 Å². The van der Waals surface area contributed by atoms with E-state index in [9.17, 15) is 0 Å². The van der Waals surface area contributed by atoms with Crippen LogP contribution in [0.3, 0.4) is 0 Å². The highest BCUT2D eigenvalue weighted by Crippen LogP contribution is 2.27. The van der Waals surface area contributed by atoms with Gasteiger partial charge in [0.15, 0.2) is 5.82 Å². The lowest BCUT2D eigenvalue weighted by Crippen LogP contribution is -2.35. The number of aryl methyl sites for hydroxylation is 1. The summed E-state index contributed by atoms with van der Waals surface area (Å²) in [5.41, 5.74) is 5.51. The summed E-state index contributed by atoms with van der Waals surface area (Å²) in [7, 11) is 1.90. The van der Waals surface area contributed by atoms with Crippen LogP contribution in [-0.4, -0.2) is 49.3 Å². The van der Waals surface area contributed by atoms with Gasteiger partial charge in [-0.05, 0) is 35.7 Å². The lowest BCUT2D eigenvalue weighted by Gasteiger charge is -2.25. The molecule has 1 saturated heterocycles. The third kappa shape index (κ3) is 4.30. The zero-order valence-electron chi connectivity index (χ0n) is 18.3. The van der Waals surface area contributed by atoms with Crippen molar-refractivity contribution < 1.29 is 9.47 Å². The second kappa shape index (κ2) is 8.60. The number of pyridine rings is 2. The minimum Gasteiger partial charge on any atom is -0.376 e. The normalized spacial score (nSPS) is 14.1. The number of anilines is 2. The van der Waals surface area contributed by atoms with E-state index in [2.05, 4.69) is 39.4 Å². The van der Waals surface area contributed by atoms with E-state index >= 15 is 0 Å². The van der Waals surface area contributed by atoms with Crippen molar-refractivity contribution in [2.24, 2.45) is 7.05 Å². The Balaban J connectivity index is 1.42. The summed E-state index contributed by atoms with van der Waals surface area (Å²) in [6.07, 6.45) is 5.76. The number of ether oxygens (including phenoxy) is 2. The molecule has 0 saturated carbocycles. The molecule has 0 atom stereocenters. The first kappa shape index (κ1) is 20.5. The SMILES string of the molecule is CC(C)c1cnnc(Nc2ccc3ncc(-c4cn(C)nc4COC4COC4)cc3n2)c1. The van der Waals surface area contributed by atoms with Gasteiger partial charge in [-0.15, -0.1) is 5.10 Å². The van der Waals surface area contributed by atoms with E-state index in [1.165, 1.54) is 0 Å². The van der Waals surface area contributed by atoms with Crippen LogP contribution in [0.5, 0.6) is 0 Å². The van der Waals surface area contributed by atoms with Crippen molar-refractivity contribution in [3.8, 4) is 11.1 Å². The topological polar surface area (TPSA) is 99.9 Å². The van der Waals surface area contributed by atoms with Crippen LogP contribution in [0.25, 0.3) is 22.2 Å². The molecule has 0 aliphatic carbocycles. The monoisotopic (exact) mass is 431 g/mol. The summed E-state index contributed by atoms with van der Waals surface area (Å²) in [4.78, 5) is 9.35. The first-order valence-corrected chi connectivity index (χ1v) is 10.6. The summed E-state index contributed by atoms with van der Waals surface area (Å²) in [6, 6.07) is 7.85. The molecule has 9 nitrogen and oxygen atoms in total. The van der Waals surface area contributed by atoms with Crippen LogP contribution >= 0.6 is 0 Å². The van der Waals surface area contributed by atoms with Crippen LogP contribution in [0.2, 0.25) is 0 Å². The molecular weight excluding hydrogens is 406 g/mol. The molecule has 0 aromatic carbocycles. The zero-order valence-corrected chi connectivity index (χ0v) is 18.3. The van der Waals surface area contributed by atoms with Crippen molar-refractivity contribution in [2.75, 3.05) is 18.5 Å². The van der Waals surface area contributed by atoms with Gasteiger partial charge < -0.3 is 14.8 Å². The standard InChI is InChI=1S/C23H25N7O2/c1-14(2)15-7-23(28-25-9-15)27-22-5-4-19-20(26-22)6-16(8-24-19)18-10-30(3)29-21(18)13-32-17-11-31-12-17/h4-10,14,17H,11-13H2,1-3H3,(H,26,27,28). The number of nitrogens with one attached hydrogen (secondary N) is 1. The Morgan fingerprint density at radius 3 is 2.81 bits per heavy atom. The Kier molecular flexibility index (Phi) is 5.50. The van der Waals surface area contributed by atoms with E-state index in [4.69, 9.17) is 14.5 Å². The molecule has 0 unspecified atom stereocenters. The smallest absolute Gasteiger partial charge is 0.154 e. The summed E-state index contributed by atoms with van der Waals surface area (Å²) in [6.45, 7) is 5.97. The number of aromatic nitrogens is 6. The van der Waals surface area contributed by atoms with Gasteiger partial charge in [-0.3, -0.25) is 9.67 Å². The molecular formula is C23H25N7O2. The van der Waals surface area contributed by atoms with Crippen LogP contribution in [0.15, 0.2) is 42.9 Å². The van der Waals surface area contributed by atoms with Crippen LogP contribution in [0, 0.1) is 0 Å². The Bertz CT molecular complexity index is 1250. The predicted molar refractivity (Wildman–Crippen MR) is 121 cm³/mol. The van der Waals surface area contributed by atoms with Gasteiger partial charge in [0.25, 0.3) is 0 Å². The highest BCUT2D eigenvalue weighted by Gasteiger charge is 2.20. The van der Waals surface area contributed by atoms with Crippen molar-refractivity contribution in [1.82, 2.24) is 29.9 Å². The third-order valence-electron chi connectivity index (χ3n) is 5.42. The van der Waals surface area contributed by atoms with Gasteiger partial charge in [0, 0.05) is 30.6 Å². The molecule has 1 aliphatic rings. The fraction of sp³-hybridized carbons (Fsp3) is 0.348. The second-order valence-corrected chi connectivity index (χ2v) is 8.25. The maximum absolute atomic E-state index is 5.88. The summed E-state index contributed by atoms with van der Waals surface area (Å²) in [5, 5.41) is 16.1. The molecule has 1 fully saturated rings. The maximum Gasteiger partial charge on any atom is 0.154 e. The lowest BCUT2D eigenvalue weighted by molar-refractivity contribution is -0.135. The maximum atomic E-state index is 5.88. The first-order valence-electron chi connectivity index (χ1n) is 10.6. The molecule has 4 aromatic rings. The van der Waals surface area contributed by atoms with E-state index in [1.54, 1.807) is 10.9 Å². The number of rotatable bonds is 7. The van der Waals surface area contributed by atoms with Crippen molar-refractivity contribution in [3.63, 3.8) is 0 Å². The number of fused-ring (bicyclic) bond motifs is 1. The Morgan fingerprint density at radius 1 is 1.16 bits per heavy atom. The predicted octanol–water partition coefficient (Wildman–Crippen LogP) is 3.60. The number of hydrogen-bond donors (Lipinski definition) is 1. The molecule has 164 valence electrons. The molecule has 4 aromatic heterocycles. The third-order valence-corrected chi connectivity index (χ3v) is 5.42. The van der Waals surface area contributed by atoms with Gasteiger partial charge in [0.05, 0.1) is 42.7 Å². The van der Waals surface area contributed by atoms with Crippen LogP contribution in [0.4, 0.5) is 11.6 Å².